The van der Waals surface area contributed by atoms with Gasteiger partial charge in [0.25, 0.3) is 5.91 Å². The maximum Gasteiger partial charge on any atom is 0.255 e. The molecule has 0 radical (unpaired) electrons. The molecule has 2 aromatic rings. The number of β-amino-alcohol motifs (C(OH)–C–C–N with tert-alkyl or cyclic N) is 2. The van der Waals surface area contributed by atoms with Crippen LogP contribution in [0.2, 0.25) is 0 Å². The van der Waals surface area contributed by atoms with Gasteiger partial charge in [-0.05, 0) is 31.0 Å². The van der Waals surface area contributed by atoms with E-state index in [0.717, 1.165) is 22.5 Å². The number of carbonyl (C=O) groups is 1. The quantitative estimate of drug-likeness (QED) is 0.476. The number of aliphatic hydroxyl groups is 2. The summed E-state index contributed by atoms with van der Waals surface area (Å²) >= 11 is 0. The number of anilines is 1. The van der Waals surface area contributed by atoms with Gasteiger partial charge < -0.3 is 15.5 Å². The normalized spacial score (nSPS) is 20.3. The molecule has 2 unspecified atom stereocenters. The molecule has 31 heavy (non-hydrogen) atoms. The summed E-state index contributed by atoms with van der Waals surface area (Å²) in [6.45, 7) is -0.743. The van der Waals surface area contributed by atoms with E-state index in [9.17, 15) is 41.0 Å². The molecule has 0 spiro atoms. The third-order valence-corrected chi connectivity index (χ3v) is 6.56. The van der Waals surface area contributed by atoms with E-state index in [-0.39, 0.29) is 31.5 Å². The van der Waals surface area contributed by atoms with Crippen molar-refractivity contribution in [2.24, 2.45) is 0 Å². The minimum atomic E-state index is -4.54. The van der Waals surface area contributed by atoms with Crippen LogP contribution in [0.3, 0.4) is 0 Å². The van der Waals surface area contributed by atoms with Crippen molar-refractivity contribution in [1.29, 1.82) is 0 Å². The number of sulfonamides is 1. The smallest absolute Gasteiger partial charge is 0.255 e. The number of hydrogen-bond acceptors (Lipinski definition) is 5. The maximum absolute atomic E-state index is 14.4. The van der Waals surface area contributed by atoms with Crippen LogP contribution in [0.1, 0.15) is 23.2 Å². The number of rotatable bonds is 4. The lowest BCUT2D eigenvalue weighted by Crippen LogP contribution is -2.39. The van der Waals surface area contributed by atoms with Crippen LogP contribution in [-0.2, 0) is 10.0 Å². The van der Waals surface area contributed by atoms with Crippen LogP contribution in [0, 0.1) is 23.3 Å². The van der Waals surface area contributed by atoms with E-state index >= 15 is 0 Å². The van der Waals surface area contributed by atoms with Gasteiger partial charge in [0.05, 0.1) is 12.2 Å². The van der Waals surface area contributed by atoms with Gasteiger partial charge in [-0.25, -0.2) is 26.0 Å². The number of carbonyl (C=O) groups excluding carboxylic acids is 1. The van der Waals surface area contributed by atoms with Crippen molar-refractivity contribution in [3.05, 3.63) is 59.2 Å². The van der Waals surface area contributed by atoms with Crippen molar-refractivity contribution in [3.63, 3.8) is 0 Å². The Bertz CT molecular complexity index is 1080. The van der Waals surface area contributed by atoms with Gasteiger partial charge in [-0.1, -0.05) is 0 Å². The first-order valence-corrected chi connectivity index (χ1v) is 10.5. The van der Waals surface area contributed by atoms with E-state index in [4.69, 9.17) is 0 Å². The van der Waals surface area contributed by atoms with Gasteiger partial charge in [-0.2, -0.15) is 4.31 Å². The summed E-state index contributed by atoms with van der Waals surface area (Å²) in [6, 6.07) is 3.44. The Morgan fingerprint density at radius 1 is 0.935 bits per heavy atom. The molecule has 12 heteroatoms. The molecule has 2 atom stereocenters. The standard InChI is InChI=1S/C19H18F4N2O5S/c20-14-4-1-10(19(28)24-11-6-15(21)18(23)16(22)7-11)5-17(14)31(29,30)25-8-12(26)2-3-13(27)9-25/h1,4-7,12-13,26-27H,2-3,8-9H2,(H,24,28). The Hall–Kier alpha value is -2.54. The van der Waals surface area contributed by atoms with Gasteiger partial charge in [-0.15, -0.1) is 0 Å². The predicted octanol–water partition coefficient (Wildman–Crippen LogP) is 2.00. The van der Waals surface area contributed by atoms with Crippen molar-refractivity contribution < 1.29 is 41.0 Å². The number of nitrogens with one attached hydrogen (secondary N) is 1. The van der Waals surface area contributed by atoms with Crippen molar-refractivity contribution in [2.45, 2.75) is 29.9 Å². The van der Waals surface area contributed by atoms with Gasteiger partial charge in [0, 0.05) is 36.5 Å². The average molecular weight is 462 g/mol. The predicted molar refractivity (Wildman–Crippen MR) is 101 cm³/mol. The molecular formula is C19H18F4N2O5S. The Morgan fingerprint density at radius 3 is 2.03 bits per heavy atom. The SMILES string of the molecule is O=C(Nc1cc(F)c(F)c(F)c1)c1ccc(F)c(S(=O)(=O)N2CC(O)CCC(O)C2)c1. The number of halogens is 4. The molecular weight excluding hydrogens is 444 g/mol. The van der Waals surface area contributed by atoms with E-state index in [1.807, 2.05) is 0 Å². The van der Waals surface area contributed by atoms with Crippen LogP contribution in [0.5, 0.6) is 0 Å². The molecule has 1 amide bonds. The lowest BCUT2D eigenvalue weighted by Gasteiger charge is -2.23. The van der Waals surface area contributed by atoms with Crippen LogP contribution in [-0.4, -0.2) is 54.1 Å². The van der Waals surface area contributed by atoms with E-state index < -0.39 is 62.0 Å². The monoisotopic (exact) mass is 462 g/mol. The van der Waals surface area contributed by atoms with Gasteiger partial charge in [0.2, 0.25) is 10.0 Å². The third-order valence-electron chi connectivity index (χ3n) is 4.71. The maximum atomic E-state index is 14.4. The fourth-order valence-corrected chi connectivity index (χ4v) is 4.73. The summed E-state index contributed by atoms with van der Waals surface area (Å²) in [5.41, 5.74) is -0.796. The fraction of sp³-hybridized carbons (Fsp3) is 0.316. The molecule has 3 rings (SSSR count). The highest BCUT2D eigenvalue weighted by molar-refractivity contribution is 7.89. The van der Waals surface area contributed by atoms with Crippen LogP contribution >= 0.6 is 0 Å². The Kier molecular flexibility index (Phi) is 6.65. The topological polar surface area (TPSA) is 107 Å². The van der Waals surface area contributed by atoms with Gasteiger partial charge in [0.15, 0.2) is 17.5 Å². The fourth-order valence-electron chi connectivity index (χ4n) is 3.12. The van der Waals surface area contributed by atoms with E-state index in [1.54, 1.807) is 0 Å². The molecule has 0 bridgehead atoms. The molecule has 1 saturated heterocycles. The highest BCUT2D eigenvalue weighted by Crippen LogP contribution is 2.25. The number of amides is 1. The molecule has 1 fully saturated rings. The van der Waals surface area contributed by atoms with Crippen molar-refractivity contribution >= 4 is 21.6 Å². The minimum absolute atomic E-state index is 0.156. The molecule has 7 nitrogen and oxygen atoms in total. The Balaban J connectivity index is 1.91. The molecule has 1 heterocycles. The second-order valence-electron chi connectivity index (χ2n) is 7.06. The number of hydrogen-bond donors (Lipinski definition) is 3. The molecule has 3 N–H and O–H groups in total. The molecule has 1 aliphatic heterocycles. The molecule has 2 aromatic carbocycles. The first kappa shape index (κ1) is 23.1. The van der Waals surface area contributed by atoms with Crippen molar-refractivity contribution in [2.75, 3.05) is 18.4 Å². The average Bonchev–Trinajstić information content (AvgIpc) is 2.87. The number of benzene rings is 2. The minimum Gasteiger partial charge on any atom is -0.392 e. The summed E-state index contributed by atoms with van der Waals surface area (Å²) in [7, 11) is -4.54. The summed E-state index contributed by atoms with van der Waals surface area (Å²) in [6.07, 6.45) is -1.82. The van der Waals surface area contributed by atoms with Crippen LogP contribution < -0.4 is 5.32 Å². The van der Waals surface area contributed by atoms with Crippen molar-refractivity contribution in [1.82, 2.24) is 4.31 Å². The second kappa shape index (κ2) is 8.91. The number of nitrogens with zero attached hydrogens (tertiary/aromatic N) is 1. The van der Waals surface area contributed by atoms with Crippen LogP contribution in [0.15, 0.2) is 35.2 Å². The van der Waals surface area contributed by atoms with Crippen LogP contribution in [0.25, 0.3) is 0 Å². The molecule has 0 saturated carbocycles. The second-order valence-corrected chi connectivity index (χ2v) is 8.97. The van der Waals surface area contributed by atoms with E-state index in [1.165, 1.54) is 0 Å². The first-order chi connectivity index (χ1) is 14.5. The van der Waals surface area contributed by atoms with Gasteiger partial charge in [0.1, 0.15) is 10.7 Å². The van der Waals surface area contributed by atoms with Crippen molar-refractivity contribution in [3.8, 4) is 0 Å². The van der Waals surface area contributed by atoms with Gasteiger partial charge in [-0.3, -0.25) is 4.79 Å². The number of aliphatic hydroxyl groups excluding tert-OH is 2. The lowest BCUT2D eigenvalue weighted by molar-refractivity contribution is 0.102. The lowest BCUT2D eigenvalue weighted by atomic mass is 10.1. The molecule has 0 aromatic heterocycles. The molecule has 0 aliphatic carbocycles. The zero-order valence-electron chi connectivity index (χ0n) is 15.9. The first-order valence-electron chi connectivity index (χ1n) is 9.10. The zero-order chi connectivity index (χ0) is 22.9. The zero-order valence-corrected chi connectivity index (χ0v) is 16.7. The summed E-state index contributed by atoms with van der Waals surface area (Å²) in [5, 5.41) is 21.8. The van der Waals surface area contributed by atoms with Gasteiger partial charge >= 0.3 is 0 Å². The summed E-state index contributed by atoms with van der Waals surface area (Å²) in [5.74, 6) is -7.02. The molecule has 168 valence electrons. The highest BCUT2D eigenvalue weighted by Gasteiger charge is 2.33. The summed E-state index contributed by atoms with van der Waals surface area (Å²) in [4.78, 5) is 11.5. The third kappa shape index (κ3) is 5.03. The van der Waals surface area contributed by atoms with E-state index in [2.05, 4.69) is 5.32 Å². The molecule has 1 aliphatic rings. The van der Waals surface area contributed by atoms with E-state index in [0.29, 0.717) is 12.1 Å². The Labute approximate surface area is 175 Å². The summed E-state index contributed by atoms with van der Waals surface area (Å²) < 4.78 is 80.6. The highest BCUT2D eigenvalue weighted by atomic mass is 32.2. The Morgan fingerprint density at radius 2 is 1.48 bits per heavy atom. The largest absolute Gasteiger partial charge is 0.392 e. The van der Waals surface area contributed by atoms with Crippen LogP contribution in [0.4, 0.5) is 23.2 Å².